The zero-order valence-corrected chi connectivity index (χ0v) is 8.72. The van der Waals surface area contributed by atoms with Crippen molar-refractivity contribution >= 4 is 32.6 Å². The number of rotatable bonds is 1. The van der Waals surface area contributed by atoms with Gasteiger partial charge in [-0.25, -0.2) is 0 Å². The molecule has 0 atom stereocenters. The summed E-state index contributed by atoms with van der Waals surface area (Å²) in [5.41, 5.74) is 1.31. The summed E-state index contributed by atoms with van der Waals surface area (Å²) in [5.74, 6) is 0. The second-order valence-corrected chi connectivity index (χ2v) is 4.40. The molecule has 1 aromatic rings. The van der Waals surface area contributed by atoms with Crippen molar-refractivity contribution in [2.24, 2.45) is 0 Å². The van der Waals surface area contributed by atoms with Crippen molar-refractivity contribution in [3.63, 3.8) is 0 Å². The predicted molar refractivity (Wildman–Crippen MR) is 65.0 cm³/mol. The Hall–Kier alpha value is -0.123. The molecule has 3 heteroatoms. The topological polar surface area (TPSA) is 0 Å². The number of halogens is 1. The highest BCUT2D eigenvalue weighted by molar-refractivity contribution is 9.10. The average Bonchev–Trinajstić information content (AvgIpc) is 1.86. The van der Waals surface area contributed by atoms with Gasteiger partial charge in [0.2, 0.25) is 0 Å². The molecule has 1 nitrogen and oxygen atoms in total. The van der Waals surface area contributed by atoms with Gasteiger partial charge in [0.25, 0.3) is 0 Å². The standard InChI is InChI=1S/C9H13BrN.H4Si/c1-11(2,3)9-6-4-8(10)5-7-9;/h4-7H,1-3H3;1H4/q+1;. The Balaban J connectivity index is 0.00000121. The lowest BCUT2D eigenvalue weighted by Crippen LogP contribution is -2.34. The zero-order valence-electron chi connectivity index (χ0n) is 7.13. The van der Waals surface area contributed by atoms with Crippen molar-refractivity contribution in [3.05, 3.63) is 28.7 Å². The maximum atomic E-state index is 3.41. The van der Waals surface area contributed by atoms with Gasteiger partial charge in [0.1, 0.15) is 5.69 Å². The van der Waals surface area contributed by atoms with Crippen LogP contribution in [0.4, 0.5) is 5.69 Å². The van der Waals surface area contributed by atoms with Crippen LogP contribution in [0.5, 0.6) is 0 Å². The maximum Gasteiger partial charge on any atom is 0.132 e. The van der Waals surface area contributed by atoms with E-state index in [1.807, 2.05) is 0 Å². The summed E-state index contributed by atoms with van der Waals surface area (Å²) in [6.07, 6.45) is 0. The predicted octanol–water partition coefficient (Wildman–Crippen LogP) is 1.19. The zero-order chi connectivity index (χ0) is 8.48. The number of quaternary nitrogens is 1. The number of hydrogen-bond donors (Lipinski definition) is 0. The van der Waals surface area contributed by atoms with E-state index in [0.29, 0.717) is 0 Å². The first-order valence-corrected chi connectivity index (χ1v) is 4.37. The molecule has 0 aromatic heterocycles. The summed E-state index contributed by atoms with van der Waals surface area (Å²) < 4.78 is 2.00. The van der Waals surface area contributed by atoms with Crippen LogP contribution in [0.1, 0.15) is 0 Å². The minimum absolute atomic E-state index is 0. The van der Waals surface area contributed by atoms with Crippen molar-refractivity contribution in [2.45, 2.75) is 0 Å². The van der Waals surface area contributed by atoms with E-state index in [-0.39, 0.29) is 11.0 Å². The van der Waals surface area contributed by atoms with Crippen molar-refractivity contribution < 1.29 is 0 Å². The Labute approximate surface area is 87.1 Å². The van der Waals surface area contributed by atoms with Crippen LogP contribution in [-0.2, 0) is 0 Å². The molecule has 0 aliphatic carbocycles. The van der Waals surface area contributed by atoms with E-state index in [1.165, 1.54) is 5.69 Å². The summed E-state index contributed by atoms with van der Waals surface area (Å²) in [6.45, 7) is 0. The second kappa shape index (κ2) is 4.21. The summed E-state index contributed by atoms with van der Waals surface area (Å²) in [6, 6.07) is 8.39. The highest BCUT2D eigenvalue weighted by atomic mass is 79.9. The molecule has 0 saturated heterocycles. The SMILES string of the molecule is C[N+](C)(C)c1ccc(Br)cc1.[SiH4]. The van der Waals surface area contributed by atoms with E-state index in [0.717, 1.165) is 8.96 Å². The second-order valence-electron chi connectivity index (χ2n) is 3.49. The fraction of sp³-hybridized carbons (Fsp3) is 0.333. The minimum Gasteiger partial charge on any atom is -0.298 e. The molecule has 1 aromatic carbocycles. The molecule has 0 fully saturated rings. The van der Waals surface area contributed by atoms with Gasteiger partial charge in [-0.05, 0) is 23.1 Å². The van der Waals surface area contributed by atoms with Crippen LogP contribution in [0.2, 0.25) is 0 Å². The fourth-order valence-electron chi connectivity index (χ4n) is 0.888. The first-order valence-electron chi connectivity index (χ1n) is 3.58. The van der Waals surface area contributed by atoms with E-state index < -0.39 is 0 Å². The molecule has 0 bridgehead atoms. The van der Waals surface area contributed by atoms with Crippen molar-refractivity contribution in [2.75, 3.05) is 21.1 Å². The van der Waals surface area contributed by atoms with E-state index >= 15 is 0 Å². The van der Waals surface area contributed by atoms with Gasteiger partial charge in [-0.15, -0.1) is 0 Å². The van der Waals surface area contributed by atoms with Gasteiger partial charge in [-0.1, -0.05) is 15.9 Å². The van der Waals surface area contributed by atoms with Gasteiger partial charge in [0.15, 0.2) is 0 Å². The highest BCUT2D eigenvalue weighted by Crippen LogP contribution is 2.19. The molecule has 0 heterocycles. The minimum atomic E-state index is 0. The summed E-state index contributed by atoms with van der Waals surface area (Å²) in [5, 5.41) is 0. The first kappa shape index (κ1) is 11.9. The molecule has 0 aliphatic rings. The average molecular weight is 247 g/mol. The molecule has 0 spiro atoms. The normalized spacial score (nSPS) is 10.7. The molecule has 0 N–H and O–H groups in total. The Morgan fingerprint density at radius 3 is 1.75 bits per heavy atom. The molecule has 0 unspecified atom stereocenters. The maximum absolute atomic E-state index is 3.41. The van der Waals surface area contributed by atoms with Crippen LogP contribution in [0, 0.1) is 0 Å². The van der Waals surface area contributed by atoms with Crippen LogP contribution in [0.25, 0.3) is 0 Å². The molecule has 68 valence electrons. The van der Waals surface area contributed by atoms with Crippen LogP contribution >= 0.6 is 15.9 Å². The summed E-state index contributed by atoms with van der Waals surface area (Å²) in [7, 11) is 6.47. The number of benzene rings is 1. The third kappa shape index (κ3) is 3.09. The van der Waals surface area contributed by atoms with Crippen LogP contribution in [0.15, 0.2) is 28.7 Å². The summed E-state index contributed by atoms with van der Waals surface area (Å²) >= 11 is 3.41. The lowest BCUT2D eigenvalue weighted by molar-refractivity contribution is 0.486. The van der Waals surface area contributed by atoms with E-state index in [4.69, 9.17) is 0 Å². The van der Waals surface area contributed by atoms with E-state index in [9.17, 15) is 0 Å². The van der Waals surface area contributed by atoms with Crippen molar-refractivity contribution in [1.29, 1.82) is 0 Å². The third-order valence-electron chi connectivity index (χ3n) is 1.60. The highest BCUT2D eigenvalue weighted by Gasteiger charge is 2.09. The van der Waals surface area contributed by atoms with Gasteiger partial charge < -0.3 is 0 Å². The quantitative estimate of drug-likeness (QED) is 0.516. The molecular weight excluding hydrogens is 230 g/mol. The van der Waals surface area contributed by atoms with Gasteiger partial charge >= 0.3 is 0 Å². The third-order valence-corrected chi connectivity index (χ3v) is 2.13. The lowest BCUT2D eigenvalue weighted by atomic mass is 10.3. The molecule has 0 amide bonds. The van der Waals surface area contributed by atoms with Crippen LogP contribution < -0.4 is 4.48 Å². The number of hydrogen-bond acceptors (Lipinski definition) is 0. The molecular formula is C9H17BrNSi+. The molecule has 12 heavy (non-hydrogen) atoms. The van der Waals surface area contributed by atoms with Crippen LogP contribution in [-0.4, -0.2) is 32.1 Å². The molecule has 0 radical (unpaired) electrons. The monoisotopic (exact) mass is 246 g/mol. The molecule has 0 aliphatic heterocycles. The van der Waals surface area contributed by atoms with E-state index in [2.05, 4.69) is 61.3 Å². The van der Waals surface area contributed by atoms with Gasteiger partial charge in [0, 0.05) is 16.6 Å². The van der Waals surface area contributed by atoms with Gasteiger partial charge in [-0.3, -0.25) is 4.48 Å². The summed E-state index contributed by atoms with van der Waals surface area (Å²) in [4.78, 5) is 0. The fourth-order valence-corrected chi connectivity index (χ4v) is 1.15. The Kier molecular flexibility index (Phi) is 4.17. The Morgan fingerprint density at radius 1 is 1.00 bits per heavy atom. The van der Waals surface area contributed by atoms with Crippen molar-refractivity contribution in [3.8, 4) is 0 Å². The number of nitrogens with zero attached hydrogens (tertiary/aromatic N) is 1. The smallest absolute Gasteiger partial charge is 0.132 e. The molecule has 0 saturated carbocycles. The van der Waals surface area contributed by atoms with Crippen LogP contribution in [0.3, 0.4) is 0 Å². The Morgan fingerprint density at radius 2 is 1.42 bits per heavy atom. The van der Waals surface area contributed by atoms with Gasteiger partial charge in [-0.2, -0.15) is 0 Å². The largest absolute Gasteiger partial charge is 0.298 e. The van der Waals surface area contributed by atoms with Crippen molar-refractivity contribution in [1.82, 2.24) is 4.48 Å². The lowest BCUT2D eigenvalue weighted by Gasteiger charge is -2.23. The first-order chi connectivity index (χ1) is 5.00. The van der Waals surface area contributed by atoms with E-state index in [1.54, 1.807) is 0 Å². The molecule has 1 rings (SSSR count). The van der Waals surface area contributed by atoms with Gasteiger partial charge in [0.05, 0.1) is 21.1 Å². The Bertz CT molecular complexity index is 238.